The Morgan fingerprint density at radius 3 is 2.52 bits per heavy atom. The Hall–Kier alpha value is -2.33. The Labute approximate surface area is 136 Å². The second-order valence-corrected chi connectivity index (χ2v) is 6.35. The lowest BCUT2D eigenvalue weighted by Gasteiger charge is -2.24. The van der Waals surface area contributed by atoms with Gasteiger partial charge in [-0.15, -0.1) is 0 Å². The summed E-state index contributed by atoms with van der Waals surface area (Å²) in [6, 6.07) is 7.97. The summed E-state index contributed by atoms with van der Waals surface area (Å²) in [6.07, 6.45) is 0.879. The van der Waals surface area contributed by atoms with Crippen LogP contribution < -0.4 is 4.74 Å². The van der Waals surface area contributed by atoms with E-state index in [9.17, 15) is 4.79 Å². The number of rotatable bonds is 2. The van der Waals surface area contributed by atoms with Crippen molar-refractivity contribution in [1.82, 2.24) is 4.90 Å². The lowest BCUT2D eigenvalue weighted by molar-refractivity contribution is -0.191. The number of hydrogen-bond acceptors (Lipinski definition) is 5. The van der Waals surface area contributed by atoms with Crippen molar-refractivity contribution in [2.45, 2.75) is 45.8 Å². The molecule has 0 aliphatic carbocycles. The number of likely N-dealkylation sites (tertiary alicyclic amines) is 1. The fourth-order valence-corrected chi connectivity index (χ4v) is 2.20. The lowest BCUT2D eigenvalue weighted by Crippen LogP contribution is -2.36. The number of hydrogen-bond donors (Lipinski definition) is 0. The zero-order chi connectivity index (χ0) is 17.5. The van der Waals surface area contributed by atoms with Crippen molar-refractivity contribution in [2.75, 3.05) is 13.1 Å². The Morgan fingerprint density at radius 1 is 1.30 bits per heavy atom. The van der Waals surface area contributed by atoms with Gasteiger partial charge >= 0.3 is 12.2 Å². The summed E-state index contributed by atoms with van der Waals surface area (Å²) in [5, 5.41) is 0. The maximum atomic E-state index is 12.0. The monoisotopic (exact) mass is 321 g/mol. The van der Waals surface area contributed by atoms with E-state index < -0.39 is 5.60 Å². The van der Waals surface area contributed by atoms with Crippen LogP contribution in [0.3, 0.4) is 0 Å². The molecule has 1 atom stereocenters. The van der Waals surface area contributed by atoms with Gasteiger partial charge in [-0.3, -0.25) is 0 Å². The van der Waals surface area contributed by atoms with Gasteiger partial charge in [-0.1, -0.05) is 12.1 Å². The zero-order valence-corrected chi connectivity index (χ0v) is 14.0. The van der Waals surface area contributed by atoms with E-state index >= 15 is 0 Å². The normalized spacial score (nSPS) is 16.9. The maximum absolute atomic E-state index is 12.0. The van der Waals surface area contributed by atoms with Crippen LogP contribution >= 0.6 is 0 Å². The number of amides is 1. The van der Waals surface area contributed by atoms with Crippen molar-refractivity contribution in [3.8, 4) is 5.75 Å². The Balaban J connectivity index is 0.000000816. The topological polar surface area (TPSA) is 72.9 Å². The molecular formula is C17H23NO5. The molecule has 1 aliphatic heterocycles. The standard InChI is InChI=1S/C16H23NO3.CO2/c1-12-6-5-7-13(10-12)19-14-8-9-17(11-14)15(18)20-16(2,3)4;2-1-3/h5-7,10,14H,8-9,11H2,1-4H3;/t14-;/m1./s1. The summed E-state index contributed by atoms with van der Waals surface area (Å²) in [5.41, 5.74) is 0.719. The van der Waals surface area contributed by atoms with E-state index in [2.05, 4.69) is 0 Å². The van der Waals surface area contributed by atoms with E-state index in [1.807, 2.05) is 52.0 Å². The first-order chi connectivity index (χ1) is 10.7. The summed E-state index contributed by atoms with van der Waals surface area (Å²) < 4.78 is 11.3. The number of aryl methyl sites for hydroxylation is 1. The van der Waals surface area contributed by atoms with Gasteiger partial charge in [0.1, 0.15) is 17.5 Å². The molecule has 0 bridgehead atoms. The predicted molar refractivity (Wildman–Crippen MR) is 83.0 cm³/mol. The van der Waals surface area contributed by atoms with Gasteiger partial charge in [-0.25, -0.2) is 4.79 Å². The molecule has 0 radical (unpaired) electrons. The number of ether oxygens (including phenoxy) is 2. The lowest BCUT2D eigenvalue weighted by atomic mass is 10.2. The molecule has 6 nitrogen and oxygen atoms in total. The SMILES string of the molecule is Cc1cccc(O[C@@H]2CCN(C(=O)OC(C)(C)C)C2)c1.O=C=O. The van der Waals surface area contributed by atoms with Gasteiger partial charge < -0.3 is 14.4 Å². The minimum Gasteiger partial charge on any atom is -0.489 e. The van der Waals surface area contributed by atoms with Gasteiger partial charge in [0.15, 0.2) is 0 Å². The average Bonchev–Trinajstić information content (AvgIpc) is 2.86. The first kappa shape index (κ1) is 18.7. The van der Waals surface area contributed by atoms with E-state index in [1.165, 1.54) is 5.56 Å². The Kier molecular flexibility index (Phi) is 6.79. The molecule has 0 spiro atoms. The molecule has 0 unspecified atom stereocenters. The van der Waals surface area contributed by atoms with Crippen LogP contribution in [0.4, 0.5) is 4.79 Å². The second-order valence-electron chi connectivity index (χ2n) is 6.35. The maximum Gasteiger partial charge on any atom is 0.410 e. The average molecular weight is 321 g/mol. The largest absolute Gasteiger partial charge is 0.489 e. The van der Waals surface area contributed by atoms with Crippen LogP contribution in [-0.4, -0.2) is 41.9 Å². The van der Waals surface area contributed by atoms with Gasteiger partial charge in [0.05, 0.1) is 6.54 Å². The molecule has 1 fully saturated rings. The summed E-state index contributed by atoms with van der Waals surface area (Å²) >= 11 is 0. The van der Waals surface area contributed by atoms with Gasteiger partial charge in [-0.05, 0) is 45.4 Å². The smallest absolute Gasteiger partial charge is 0.410 e. The van der Waals surface area contributed by atoms with Crippen LogP contribution in [-0.2, 0) is 14.3 Å². The van der Waals surface area contributed by atoms with Crippen molar-refractivity contribution in [1.29, 1.82) is 0 Å². The molecule has 1 aromatic carbocycles. The first-order valence-corrected chi connectivity index (χ1v) is 7.45. The van der Waals surface area contributed by atoms with Crippen molar-refractivity contribution < 1.29 is 23.9 Å². The molecular weight excluding hydrogens is 298 g/mol. The Bertz CT molecular complexity index is 558. The quantitative estimate of drug-likeness (QED) is 0.837. The third-order valence-corrected chi connectivity index (χ3v) is 3.09. The molecule has 0 aromatic heterocycles. The summed E-state index contributed by atoms with van der Waals surface area (Å²) in [4.78, 5) is 29.9. The first-order valence-electron chi connectivity index (χ1n) is 7.45. The highest BCUT2D eigenvalue weighted by Gasteiger charge is 2.30. The molecule has 6 heteroatoms. The molecule has 2 rings (SSSR count). The number of nitrogens with zero attached hydrogens (tertiary/aromatic N) is 1. The minimum absolute atomic E-state index is 0.0457. The highest BCUT2D eigenvalue weighted by atomic mass is 16.6. The van der Waals surface area contributed by atoms with Crippen molar-refractivity contribution >= 4 is 12.2 Å². The third-order valence-electron chi connectivity index (χ3n) is 3.09. The molecule has 1 aliphatic rings. The van der Waals surface area contributed by atoms with Crippen LogP contribution in [0.15, 0.2) is 24.3 Å². The molecule has 1 heterocycles. The highest BCUT2D eigenvalue weighted by Crippen LogP contribution is 2.21. The van der Waals surface area contributed by atoms with Crippen LogP contribution in [0.2, 0.25) is 0 Å². The van der Waals surface area contributed by atoms with E-state index in [-0.39, 0.29) is 18.3 Å². The zero-order valence-electron chi connectivity index (χ0n) is 14.0. The van der Waals surface area contributed by atoms with Crippen LogP contribution in [0, 0.1) is 6.92 Å². The van der Waals surface area contributed by atoms with Gasteiger partial charge in [-0.2, -0.15) is 9.59 Å². The molecule has 1 amide bonds. The predicted octanol–water partition coefficient (Wildman–Crippen LogP) is 2.80. The molecule has 0 N–H and O–H groups in total. The van der Waals surface area contributed by atoms with E-state index in [4.69, 9.17) is 19.1 Å². The molecule has 126 valence electrons. The fraction of sp³-hybridized carbons (Fsp3) is 0.529. The van der Waals surface area contributed by atoms with E-state index in [0.717, 1.165) is 12.2 Å². The molecule has 1 saturated heterocycles. The van der Waals surface area contributed by atoms with Crippen LogP contribution in [0.25, 0.3) is 0 Å². The van der Waals surface area contributed by atoms with Crippen LogP contribution in [0.1, 0.15) is 32.8 Å². The van der Waals surface area contributed by atoms with Gasteiger partial charge in [0, 0.05) is 13.0 Å². The summed E-state index contributed by atoms with van der Waals surface area (Å²) in [7, 11) is 0. The third kappa shape index (κ3) is 6.98. The van der Waals surface area contributed by atoms with E-state index in [0.29, 0.717) is 13.1 Å². The number of benzene rings is 1. The molecule has 1 aromatic rings. The van der Waals surface area contributed by atoms with Crippen molar-refractivity contribution in [3.05, 3.63) is 29.8 Å². The molecule has 23 heavy (non-hydrogen) atoms. The van der Waals surface area contributed by atoms with Gasteiger partial charge in [0.2, 0.25) is 0 Å². The Morgan fingerprint density at radius 2 is 1.96 bits per heavy atom. The van der Waals surface area contributed by atoms with Crippen molar-refractivity contribution in [3.63, 3.8) is 0 Å². The van der Waals surface area contributed by atoms with Crippen molar-refractivity contribution in [2.24, 2.45) is 0 Å². The summed E-state index contributed by atoms with van der Waals surface area (Å²) in [5.74, 6) is 0.862. The van der Waals surface area contributed by atoms with Crippen LogP contribution in [0.5, 0.6) is 5.75 Å². The van der Waals surface area contributed by atoms with E-state index in [1.54, 1.807) is 4.90 Å². The highest BCUT2D eigenvalue weighted by molar-refractivity contribution is 5.68. The number of carbonyl (C=O) groups is 1. The fourth-order valence-electron chi connectivity index (χ4n) is 2.20. The minimum atomic E-state index is -0.452. The molecule has 0 saturated carbocycles. The summed E-state index contributed by atoms with van der Waals surface area (Å²) in [6.45, 7) is 8.94. The number of carbonyl (C=O) groups excluding carboxylic acids is 3. The second kappa shape index (κ2) is 8.34. The van der Waals surface area contributed by atoms with Gasteiger partial charge in [0.25, 0.3) is 0 Å².